The standard InChI is InChI=1S/C22H28N2/c1-3-9-19(10-4-1)17-23-15-7-13-21(23)22-14-8-16-24(22)18-20-11-5-2-6-12-20/h1-6,9-12,21-22H,7-8,13-18H2/t21-,22-/m0/s1. The van der Waals surface area contributed by atoms with Gasteiger partial charge < -0.3 is 0 Å². The first-order valence-corrected chi connectivity index (χ1v) is 9.46. The van der Waals surface area contributed by atoms with Crippen LogP contribution in [0.3, 0.4) is 0 Å². The van der Waals surface area contributed by atoms with Gasteiger partial charge in [-0.2, -0.15) is 0 Å². The maximum atomic E-state index is 2.74. The lowest BCUT2D eigenvalue weighted by molar-refractivity contribution is 0.124. The van der Waals surface area contributed by atoms with Crippen LogP contribution < -0.4 is 0 Å². The lowest BCUT2D eigenvalue weighted by Gasteiger charge is -2.35. The highest BCUT2D eigenvalue weighted by Gasteiger charge is 2.37. The Morgan fingerprint density at radius 2 is 1.04 bits per heavy atom. The van der Waals surface area contributed by atoms with Gasteiger partial charge in [0, 0.05) is 25.2 Å². The van der Waals surface area contributed by atoms with Crippen LogP contribution in [0, 0.1) is 0 Å². The number of likely N-dealkylation sites (tertiary alicyclic amines) is 2. The Balaban J connectivity index is 1.44. The summed E-state index contributed by atoms with van der Waals surface area (Å²) in [7, 11) is 0. The van der Waals surface area contributed by atoms with Gasteiger partial charge in [0.05, 0.1) is 0 Å². The number of hydrogen-bond donors (Lipinski definition) is 0. The third-order valence-electron chi connectivity index (χ3n) is 5.73. The Kier molecular flexibility index (Phi) is 4.96. The minimum absolute atomic E-state index is 0.733. The minimum atomic E-state index is 0.733. The van der Waals surface area contributed by atoms with Gasteiger partial charge in [0.1, 0.15) is 0 Å². The molecule has 2 aliphatic heterocycles. The Morgan fingerprint density at radius 3 is 1.46 bits per heavy atom. The van der Waals surface area contributed by atoms with Crippen molar-refractivity contribution in [2.24, 2.45) is 0 Å². The summed E-state index contributed by atoms with van der Waals surface area (Å²) < 4.78 is 0. The van der Waals surface area contributed by atoms with Gasteiger partial charge in [-0.25, -0.2) is 0 Å². The molecule has 2 aliphatic rings. The van der Waals surface area contributed by atoms with Crippen LogP contribution in [0.1, 0.15) is 36.8 Å². The highest BCUT2D eigenvalue weighted by atomic mass is 15.3. The van der Waals surface area contributed by atoms with Crippen molar-refractivity contribution in [2.45, 2.75) is 50.9 Å². The summed E-state index contributed by atoms with van der Waals surface area (Å²) >= 11 is 0. The van der Waals surface area contributed by atoms with Crippen molar-refractivity contribution in [1.82, 2.24) is 9.80 Å². The van der Waals surface area contributed by atoms with Crippen molar-refractivity contribution in [3.8, 4) is 0 Å². The normalized spacial score (nSPS) is 25.3. The van der Waals surface area contributed by atoms with Crippen molar-refractivity contribution < 1.29 is 0 Å². The van der Waals surface area contributed by atoms with E-state index in [2.05, 4.69) is 70.5 Å². The van der Waals surface area contributed by atoms with Gasteiger partial charge >= 0.3 is 0 Å². The maximum Gasteiger partial charge on any atom is 0.0255 e. The summed E-state index contributed by atoms with van der Waals surface area (Å²) in [4.78, 5) is 5.48. The predicted molar refractivity (Wildman–Crippen MR) is 99.7 cm³/mol. The van der Waals surface area contributed by atoms with Crippen LogP contribution in [-0.4, -0.2) is 35.0 Å². The van der Waals surface area contributed by atoms with Crippen LogP contribution in [-0.2, 0) is 13.1 Å². The molecule has 24 heavy (non-hydrogen) atoms. The Bertz CT molecular complexity index is 567. The van der Waals surface area contributed by atoms with Gasteiger partial charge in [-0.05, 0) is 49.9 Å². The smallest absolute Gasteiger partial charge is 0.0255 e. The van der Waals surface area contributed by atoms with Gasteiger partial charge in [0.2, 0.25) is 0 Å². The molecule has 2 heteroatoms. The molecule has 0 bridgehead atoms. The predicted octanol–water partition coefficient (Wildman–Crippen LogP) is 4.32. The van der Waals surface area contributed by atoms with Crippen LogP contribution in [0.25, 0.3) is 0 Å². The molecule has 0 N–H and O–H groups in total. The summed E-state index contributed by atoms with van der Waals surface area (Å²) in [6.45, 7) is 4.74. The van der Waals surface area contributed by atoms with Crippen LogP contribution in [0.5, 0.6) is 0 Å². The molecule has 2 fully saturated rings. The van der Waals surface area contributed by atoms with Crippen molar-refractivity contribution in [3.05, 3.63) is 71.8 Å². The average Bonchev–Trinajstić information content (AvgIpc) is 3.26. The highest BCUT2D eigenvalue weighted by molar-refractivity contribution is 5.16. The zero-order valence-electron chi connectivity index (χ0n) is 14.5. The van der Waals surface area contributed by atoms with E-state index in [-0.39, 0.29) is 0 Å². The van der Waals surface area contributed by atoms with Crippen LogP contribution >= 0.6 is 0 Å². The number of hydrogen-bond acceptors (Lipinski definition) is 2. The largest absolute Gasteiger partial charge is 0.295 e. The molecule has 0 saturated carbocycles. The second-order valence-corrected chi connectivity index (χ2v) is 7.33. The quantitative estimate of drug-likeness (QED) is 0.810. The van der Waals surface area contributed by atoms with Crippen molar-refractivity contribution in [1.29, 1.82) is 0 Å². The number of rotatable bonds is 5. The minimum Gasteiger partial charge on any atom is -0.295 e. The SMILES string of the molecule is c1ccc(CN2CCC[C@H]2[C@@H]2CCCN2Cc2ccccc2)cc1. The summed E-state index contributed by atoms with van der Waals surface area (Å²) in [6, 6.07) is 23.4. The molecule has 126 valence electrons. The molecule has 4 rings (SSSR count). The van der Waals surface area contributed by atoms with E-state index in [1.807, 2.05) is 0 Å². The van der Waals surface area contributed by atoms with Gasteiger partial charge in [0.25, 0.3) is 0 Å². The highest BCUT2D eigenvalue weighted by Crippen LogP contribution is 2.32. The van der Waals surface area contributed by atoms with Crippen molar-refractivity contribution in [2.75, 3.05) is 13.1 Å². The van der Waals surface area contributed by atoms with Crippen molar-refractivity contribution in [3.63, 3.8) is 0 Å². The summed E-state index contributed by atoms with van der Waals surface area (Å²) in [6.07, 6.45) is 5.44. The van der Waals surface area contributed by atoms with Gasteiger partial charge in [0.15, 0.2) is 0 Å². The van der Waals surface area contributed by atoms with Crippen molar-refractivity contribution >= 4 is 0 Å². The van der Waals surface area contributed by atoms with E-state index in [1.54, 1.807) is 0 Å². The first-order chi connectivity index (χ1) is 11.9. The van der Waals surface area contributed by atoms with Crippen LogP contribution in [0.4, 0.5) is 0 Å². The molecular formula is C22H28N2. The van der Waals surface area contributed by atoms with Gasteiger partial charge in [-0.15, -0.1) is 0 Å². The van der Waals surface area contributed by atoms with Gasteiger partial charge in [-0.1, -0.05) is 60.7 Å². The third-order valence-corrected chi connectivity index (χ3v) is 5.73. The molecule has 2 aromatic carbocycles. The zero-order chi connectivity index (χ0) is 16.2. The molecule has 0 radical (unpaired) electrons. The fourth-order valence-electron chi connectivity index (χ4n) is 4.60. The zero-order valence-corrected chi connectivity index (χ0v) is 14.5. The third kappa shape index (κ3) is 3.55. The van der Waals surface area contributed by atoms with Crippen LogP contribution in [0.15, 0.2) is 60.7 Å². The van der Waals surface area contributed by atoms with E-state index >= 15 is 0 Å². The monoisotopic (exact) mass is 320 g/mol. The number of benzene rings is 2. The van der Waals surface area contributed by atoms with E-state index in [4.69, 9.17) is 0 Å². The van der Waals surface area contributed by atoms with E-state index in [0.29, 0.717) is 0 Å². The molecule has 0 aromatic heterocycles. The fourth-order valence-corrected chi connectivity index (χ4v) is 4.60. The van der Waals surface area contributed by atoms with Crippen LogP contribution in [0.2, 0.25) is 0 Å². The second kappa shape index (κ2) is 7.50. The molecule has 2 atom stereocenters. The lowest BCUT2D eigenvalue weighted by atomic mass is 10.0. The molecule has 0 aliphatic carbocycles. The van der Waals surface area contributed by atoms with E-state index in [0.717, 1.165) is 25.2 Å². The molecule has 2 heterocycles. The lowest BCUT2D eigenvalue weighted by Crippen LogP contribution is -2.45. The van der Waals surface area contributed by atoms with Gasteiger partial charge in [-0.3, -0.25) is 9.80 Å². The molecule has 2 saturated heterocycles. The summed E-state index contributed by atoms with van der Waals surface area (Å²) in [5.41, 5.74) is 2.91. The molecule has 0 spiro atoms. The Labute approximate surface area is 146 Å². The Morgan fingerprint density at radius 1 is 0.625 bits per heavy atom. The van der Waals surface area contributed by atoms with E-state index in [9.17, 15) is 0 Å². The second-order valence-electron chi connectivity index (χ2n) is 7.33. The molecule has 0 amide bonds. The molecule has 0 unspecified atom stereocenters. The summed E-state index contributed by atoms with van der Waals surface area (Å²) in [5.74, 6) is 0. The van der Waals surface area contributed by atoms with E-state index in [1.165, 1.54) is 49.9 Å². The molecular weight excluding hydrogens is 292 g/mol. The average molecular weight is 320 g/mol. The fraction of sp³-hybridized carbons (Fsp3) is 0.455. The molecule has 2 nitrogen and oxygen atoms in total. The first kappa shape index (κ1) is 15.9. The maximum absolute atomic E-state index is 2.74. The summed E-state index contributed by atoms with van der Waals surface area (Å²) in [5, 5.41) is 0. The number of nitrogens with zero attached hydrogens (tertiary/aromatic N) is 2. The Hall–Kier alpha value is -1.64. The molecule has 2 aromatic rings. The van der Waals surface area contributed by atoms with E-state index < -0.39 is 0 Å². The topological polar surface area (TPSA) is 6.48 Å². The first-order valence-electron chi connectivity index (χ1n) is 9.46.